The predicted molar refractivity (Wildman–Crippen MR) is 74.7 cm³/mol. The number of hydrogen-bond donors (Lipinski definition) is 1. The molecule has 1 saturated carbocycles. The van der Waals surface area contributed by atoms with Crippen molar-refractivity contribution >= 4 is 10.9 Å². The minimum absolute atomic E-state index is 0.382. The van der Waals surface area contributed by atoms with E-state index in [2.05, 4.69) is 29.0 Å². The lowest BCUT2D eigenvalue weighted by atomic mass is 9.95. The maximum Gasteiger partial charge on any atom is 0.0762 e. The summed E-state index contributed by atoms with van der Waals surface area (Å²) in [6.07, 6.45) is 8.55. The number of aliphatic hydroxyl groups is 1. The van der Waals surface area contributed by atoms with Crippen molar-refractivity contribution in [2.45, 2.75) is 51.2 Å². The Morgan fingerprint density at radius 3 is 2.67 bits per heavy atom. The molecule has 1 aromatic heterocycles. The Balaban J connectivity index is 1.98. The molecule has 0 aliphatic heterocycles. The summed E-state index contributed by atoms with van der Waals surface area (Å²) in [5, 5.41) is 10.9. The summed E-state index contributed by atoms with van der Waals surface area (Å²) in [6.45, 7) is 1.82. The van der Waals surface area contributed by atoms with E-state index in [1.54, 1.807) is 0 Å². The van der Waals surface area contributed by atoms with Crippen LogP contribution in [0.3, 0.4) is 0 Å². The standard InChI is InChI=1S/C16H21NO/c1-12(18)13-7-8-16-14(11-13)9-10-17(16)15-5-3-2-4-6-15/h7-12,15,18H,2-6H2,1H3. The summed E-state index contributed by atoms with van der Waals surface area (Å²) in [5.41, 5.74) is 2.31. The molecule has 1 heterocycles. The number of aliphatic hydroxyl groups excluding tert-OH is 1. The fourth-order valence-electron chi connectivity index (χ4n) is 3.12. The van der Waals surface area contributed by atoms with E-state index in [1.807, 2.05) is 13.0 Å². The SMILES string of the molecule is CC(O)c1ccc2c(ccn2C2CCCCC2)c1. The third-order valence-electron chi connectivity index (χ3n) is 4.19. The van der Waals surface area contributed by atoms with Gasteiger partial charge in [0.25, 0.3) is 0 Å². The monoisotopic (exact) mass is 243 g/mol. The first kappa shape index (κ1) is 11.8. The molecule has 1 unspecified atom stereocenters. The van der Waals surface area contributed by atoms with E-state index in [0.717, 1.165) is 5.56 Å². The average Bonchev–Trinajstić information content (AvgIpc) is 2.82. The van der Waals surface area contributed by atoms with Crippen molar-refractivity contribution in [2.75, 3.05) is 0 Å². The van der Waals surface area contributed by atoms with Crippen LogP contribution >= 0.6 is 0 Å². The largest absolute Gasteiger partial charge is 0.389 e. The summed E-state index contributed by atoms with van der Waals surface area (Å²) >= 11 is 0. The van der Waals surface area contributed by atoms with Gasteiger partial charge in [-0.05, 0) is 48.9 Å². The normalized spacial score (nSPS) is 19.2. The molecular formula is C16H21NO. The highest BCUT2D eigenvalue weighted by molar-refractivity contribution is 5.81. The van der Waals surface area contributed by atoms with Crippen LogP contribution in [0.15, 0.2) is 30.5 Å². The van der Waals surface area contributed by atoms with Crippen LogP contribution in [-0.2, 0) is 0 Å². The lowest BCUT2D eigenvalue weighted by Crippen LogP contribution is -2.11. The molecule has 18 heavy (non-hydrogen) atoms. The van der Waals surface area contributed by atoms with E-state index in [0.29, 0.717) is 6.04 Å². The van der Waals surface area contributed by atoms with Gasteiger partial charge >= 0.3 is 0 Å². The Kier molecular flexibility index (Phi) is 3.13. The lowest BCUT2D eigenvalue weighted by molar-refractivity contribution is 0.199. The second kappa shape index (κ2) is 4.77. The second-order valence-corrected chi connectivity index (χ2v) is 5.51. The first-order chi connectivity index (χ1) is 8.75. The van der Waals surface area contributed by atoms with Crippen LogP contribution in [0.25, 0.3) is 10.9 Å². The Labute approximate surface area is 108 Å². The highest BCUT2D eigenvalue weighted by Crippen LogP contribution is 2.32. The molecule has 3 rings (SSSR count). The van der Waals surface area contributed by atoms with Crippen LogP contribution in [0.1, 0.15) is 56.7 Å². The van der Waals surface area contributed by atoms with Crippen LogP contribution in [0, 0.1) is 0 Å². The zero-order valence-electron chi connectivity index (χ0n) is 11.0. The summed E-state index contributed by atoms with van der Waals surface area (Å²) in [6, 6.07) is 9.17. The van der Waals surface area contributed by atoms with Gasteiger partial charge in [-0.15, -0.1) is 0 Å². The van der Waals surface area contributed by atoms with E-state index < -0.39 is 0 Å². The van der Waals surface area contributed by atoms with Crippen molar-refractivity contribution in [3.05, 3.63) is 36.0 Å². The van der Waals surface area contributed by atoms with E-state index in [-0.39, 0.29) is 6.10 Å². The molecule has 0 saturated heterocycles. The third-order valence-corrected chi connectivity index (χ3v) is 4.19. The number of rotatable bonds is 2. The average molecular weight is 243 g/mol. The van der Waals surface area contributed by atoms with Crippen LogP contribution in [-0.4, -0.2) is 9.67 Å². The molecule has 2 nitrogen and oxygen atoms in total. The third kappa shape index (κ3) is 2.05. The molecule has 96 valence electrons. The number of benzene rings is 1. The van der Waals surface area contributed by atoms with E-state index in [1.165, 1.54) is 43.0 Å². The molecule has 1 N–H and O–H groups in total. The van der Waals surface area contributed by atoms with Crippen LogP contribution in [0.4, 0.5) is 0 Å². The summed E-state index contributed by atoms with van der Waals surface area (Å²) < 4.78 is 2.43. The quantitative estimate of drug-likeness (QED) is 0.840. The van der Waals surface area contributed by atoms with E-state index in [4.69, 9.17) is 0 Å². The van der Waals surface area contributed by atoms with Crippen LogP contribution in [0.5, 0.6) is 0 Å². The van der Waals surface area contributed by atoms with Gasteiger partial charge in [-0.25, -0.2) is 0 Å². The van der Waals surface area contributed by atoms with Crippen molar-refractivity contribution in [1.29, 1.82) is 0 Å². The van der Waals surface area contributed by atoms with Gasteiger partial charge in [0.15, 0.2) is 0 Å². The van der Waals surface area contributed by atoms with Crippen molar-refractivity contribution in [3.8, 4) is 0 Å². The van der Waals surface area contributed by atoms with Gasteiger partial charge in [-0.2, -0.15) is 0 Å². The van der Waals surface area contributed by atoms with Gasteiger partial charge in [0.05, 0.1) is 6.10 Å². The molecule has 1 aromatic carbocycles. The van der Waals surface area contributed by atoms with Gasteiger partial charge in [0.2, 0.25) is 0 Å². The van der Waals surface area contributed by atoms with E-state index in [9.17, 15) is 5.11 Å². The molecule has 1 aliphatic carbocycles. The molecule has 0 amide bonds. The van der Waals surface area contributed by atoms with Crippen molar-refractivity contribution < 1.29 is 5.11 Å². The minimum atomic E-state index is -0.382. The number of nitrogens with zero attached hydrogens (tertiary/aromatic N) is 1. The topological polar surface area (TPSA) is 25.2 Å². The number of aromatic nitrogens is 1. The summed E-state index contributed by atoms with van der Waals surface area (Å²) in [7, 11) is 0. The molecule has 1 fully saturated rings. The molecule has 1 aliphatic rings. The molecular weight excluding hydrogens is 222 g/mol. The van der Waals surface area contributed by atoms with Gasteiger partial charge in [-0.3, -0.25) is 0 Å². The molecule has 0 spiro atoms. The second-order valence-electron chi connectivity index (χ2n) is 5.51. The Hall–Kier alpha value is -1.28. The van der Waals surface area contributed by atoms with Gasteiger partial charge in [0, 0.05) is 17.8 Å². The zero-order chi connectivity index (χ0) is 12.5. The van der Waals surface area contributed by atoms with Crippen molar-refractivity contribution in [1.82, 2.24) is 4.57 Å². The first-order valence-corrected chi connectivity index (χ1v) is 7.04. The summed E-state index contributed by atoms with van der Waals surface area (Å²) in [5.74, 6) is 0. The van der Waals surface area contributed by atoms with Gasteiger partial charge in [-0.1, -0.05) is 25.3 Å². The maximum atomic E-state index is 9.63. The maximum absolute atomic E-state index is 9.63. The summed E-state index contributed by atoms with van der Waals surface area (Å²) in [4.78, 5) is 0. The first-order valence-electron chi connectivity index (χ1n) is 7.04. The molecule has 0 radical (unpaired) electrons. The van der Waals surface area contributed by atoms with Crippen molar-refractivity contribution in [2.24, 2.45) is 0 Å². The van der Waals surface area contributed by atoms with E-state index >= 15 is 0 Å². The molecule has 2 heteroatoms. The van der Waals surface area contributed by atoms with Crippen molar-refractivity contribution in [3.63, 3.8) is 0 Å². The van der Waals surface area contributed by atoms with Crippen LogP contribution in [0.2, 0.25) is 0 Å². The lowest BCUT2D eigenvalue weighted by Gasteiger charge is -2.24. The number of fused-ring (bicyclic) bond motifs is 1. The Bertz CT molecular complexity index is 535. The van der Waals surface area contributed by atoms with Gasteiger partial charge in [0.1, 0.15) is 0 Å². The van der Waals surface area contributed by atoms with Crippen LogP contribution < -0.4 is 0 Å². The fraction of sp³-hybridized carbons (Fsp3) is 0.500. The fourth-order valence-corrected chi connectivity index (χ4v) is 3.12. The predicted octanol–water partition coefficient (Wildman–Crippen LogP) is 4.20. The Morgan fingerprint density at radius 1 is 1.17 bits per heavy atom. The highest BCUT2D eigenvalue weighted by atomic mass is 16.3. The highest BCUT2D eigenvalue weighted by Gasteiger charge is 2.16. The Morgan fingerprint density at radius 2 is 1.94 bits per heavy atom. The minimum Gasteiger partial charge on any atom is -0.389 e. The number of hydrogen-bond acceptors (Lipinski definition) is 1. The molecule has 1 atom stereocenters. The molecule has 0 bridgehead atoms. The molecule has 2 aromatic rings. The zero-order valence-corrected chi connectivity index (χ0v) is 11.0. The van der Waals surface area contributed by atoms with Gasteiger partial charge < -0.3 is 9.67 Å². The smallest absolute Gasteiger partial charge is 0.0762 e.